The molecule has 78 valence electrons. The van der Waals surface area contributed by atoms with Gasteiger partial charge in [-0.3, -0.25) is 0 Å². The molecule has 0 atom stereocenters. The van der Waals surface area contributed by atoms with Crippen molar-refractivity contribution in [3.8, 4) is 5.75 Å². The van der Waals surface area contributed by atoms with E-state index in [-0.39, 0.29) is 0 Å². The van der Waals surface area contributed by atoms with Crippen LogP contribution in [-0.4, -0.2) is 16.6 Å². The largest absolute Gasteiger partial charge is 0.493 e. The first-order valence-electron chi connectivity index (χ1n) is 5.03. The van der Waals surface area contributed by atoms with E-state index in [4.69, 9.17) is 4.74 Å². The zero-order valence-corrected chi connectivity index (χ0v) is 8.73. The molecule has 0 spiro atoms. The van der Waals surface area contributed by atoms with Crippen molar-refractivity contribution in [3.05, 3.63) is 48.0 Å². The van der Waals surface area contributed by atoms with E-state index >= 15 is 0 Å². The minimum Gasteiger partial charge on any atom is -0.493 e. The Kier molecular flexibility index (Phi) is 3.02. The summed E-state index contributed by atoms with van der Waals surface area (Å²) in [7, 11) is 0. The molecule has 0 aliphatic rings. The van der Waals surface area contributed by atoms with Crippen LogP contribution < -0.4 is 4.74 Å². The predicted molar refractivity (Wildman–Crippen MR) is 59.0 cm³/mol. The smallest absolute Gasteiger partial charge is 0.122 e. The molecule has 0 radical (unpaired) electrons. The van der Waals surface area contributed by atoms with Crippen molar-refractivity contribution in [1.29, 1.82) is 0 Å². The summed E-state index contributed by atoms with van der Waals surface area (Å²) >= 11 is 0. The fourth-order valence-electron chi connectivity index (χ4n) is 1.41. The van der Waals surface area contributed by atoms with Gasteiger partial charge in [0.1, 0.15) is 11.6 Å². The highest BCUT2D eigenvalue weighted by Crippen LogP contribution is 2.15. The summed E-state index contributed by atoms with van der Waals surface area (Å²) in [6.45, 7) is 2.70. The summed E-state index contributed by atoms with van der Waals surface area (Å²) in [6, 6.07) is 8.02. The molecule has 1 aromatic heterocycles. The third-order valence-electron chi connectivity index (χ3n) is 2.24. The minimum atomic E-state index is 0.651. The number of ether oxygens (including phenoxy) is 1. The molecule has 0 fully saturated rings. The van der Waals surface area contributed by atoms with Crippen LogP contribution in [0.3, 0.4) is 0 Å². The number of nitrogens with zero attached hydrogens (tertiary/aromatic N) is 1. The highest BCUT2D eigenvalue weighted by Gasteiger charge is 1.98. The minimum absolute atomic E-state index is 0.651. The molecule has 1 N–H and O–H groups in total. The fourth-order valence-corrected chi connectivity index (χ4v) is 1.41. The number of hydrogen-bond acceptors (Lipinski definition) is 2. The van der Waals surface area contributed by atoms with E-state index in [1.807, 2.05) is 37.4 Å². The number of para-hydroxylation sites is 1. The van der Waals surface area contributed by atoms with Gasteiger partial charge < -0.3 is 9.72 Å². The van der Waals surface area contributed by atoms with Gasteiger partial charge in [-0.05, 0) is 18.6 Å². The summed E-state index contributed by atoms with van der Waals surface area (Å²) in [5.74, 6) is 1.91. The van der Waals surface area contributed by atoms with Gasteiger partial charge in [0.2, 0.25) is 0 Å². The van der Waals surface area contributed by atoms with E-state index < -0.39 is 0 Å². The van der Waals surface area contributed by atoms with Gasteiger partial charge in [0, 0.05) is 18.8 Å². The number of aryl methyl sites for hydroxylation is 1. The number of nitrogens with one attached hydrogen (secondary N) is 1. The maximum atomic E-state index is 5.65. The molecule has 3 heteroatoms. The van der Waals surface area contributed by atoms with Gasteiger partial charge in [-0.15, -0.1) is 0 Å². The maximum absolute atomic E-state index is 5.65. The SMILES string of the molecule is Cc1ccccc1OCCc1ncc[nH]1. The molecule has 3 nitrogen and oxygen atoms in total. The summed E-state index contributed by atoms with van der Waals surface area (Å²) in [5, 5.41) is 0. The van der Waals surface area contributed by atoms with Gasteiger partial charge in [-0.1, -0.05) is 18.2 Å². The third kappa shape index (κ3) is 2.59. The molecule has 1 heterocycles. The molecule has 0 saturated carbocycles. The zero-order valence-electron chi connectivity index (χ0n) is 8.73. The van der Waals surface area contributed by atoms with Crippen molar-refractivity contribution in [2.75, 3.05) is 6.61 Å². The van der Waals surface area contributed by atoms with Crippen molar-refractivity contribution in [2.45, 2.75) is 13.3 Å². The zero-order chi connectivity index (χ0) is 10.5. The van der Waals surface area contributed by atoms with Gasteiger partial charge in [-0.2, -0.15) is 0 Å². The summed E-state index contributed by atoms with van der Waals surface area (Å²) in [5.41, 5.74) is 1.16. The number of H-pyrrole nitrogens is 1. The molecule has 0 amide bonds. The first kappa shape index (κ1) is 9.77. The third-order valence-corrected chi connectivity index (χ3v) is 2.24. The number of aromatic amines is 1. The molecule has 0 unspecified atom stereocenters. The molecule has 1 aromatic carbocycles. The normalized spacial score (nSPS) is 10.2. The molecular formula is C12H14N2O. The summed E-state index contributed by atoms with van der Waals surface area (Å²) in [4.78, 5) is 7.18. The molecule has 0 saturated heterocycles. The molecule has 2 rings (SSSR count). The second kappa shape index (κ2) is 4.64. The Morgan fingerprint density at radius 1 is 1.33 bits per heavy atom. The highest BCUT2D eigenvalue weighted by molar-refractivity contribution is 5.31. The monoisotopic (exact) mass is 202 g/mol. The van der Waals surface area contributed by atoms with Crippen LogP contribution in [0.25, 0.3) is 0 Å². The number of aromatic nitrogens is 2. The first-order chi connectivity index (χ1) is 7.36. The Balaban J connectivity index is 1.86. The Morgan fingerprint density at radius 2 is 2.20 bits per heavy atom. The van der Waals surface area contributed by atoms with Gasteiger partial charge >= 0.3 is 0 Å². The first-order valence-corrected chi connectivity index (χ1v) is 5.03. The van der Waals surface area contributed by atoms with Crippen molar-refractivity contribution in [1.82, 2.24) is 9.97 Å². The van der Waals surface area contributed by atoms with Gasteiger partial charge in [0.05, 0.1) is 6.61 Å². The predicted octanol–water partition coefficient (Wildman–Crippen LogP) is 2.34. The van der Waals surface area contributed by atoms with Gasteiger partial charge in [0.15, 0.2) is 0 Å². The van der Waals surface area contributed by atoms with Crippen molar-refractivity contribution in [3.63, 3.8) is 0 Å². The fraction of sp³-hybridized carbons (Fsp3) is 0.250. The molecule has 15 heavy (non-hydrogen) atoms. The van der Waals surface area contributed by atoms with E-state index in [0.717, 1.165) is 23.6 Å². The van der Waals surface area contributed by atoms with Crippen molar-refractivity contribution < 1.29 is 4.74 Å². The van der Waals surface area contributed by atoms with Gasteiger partial charge in [0.25, 0.3) is 0 Å². The Hall–Kier alpha value is -1.77. The van der Waals surface area contributed by atoms with E-state index in [0.29, 0.717) is 6.61 Å². The van der Waals surface area contributed by atoms with E-state index in [1.165, 1.54) is 0 Å². The van der Waals surface area contributed by atoms with E-state index in [2.05, 4.69) is 9.97 Å². The molecule has 0 aliphatic carbocycles. The number of benzene rings is 1. The van der Waals surface area contributed by atoms with Crippen LogP contribution in [0.5, 0.6) is 5.75 Å². The van der Waals surface area contributed by atoms with Crippen molar-refractivity contribution in [2.24, 2.45) is 0 Å². The van der Waals surface area contributed by atoms with Crippen LogP contribution in [0, 0.1) is 6.92 Å². The van der Waals surface area contributed by atoms with E-state index in [1.54, 1.807) is 6.20 Å². The van der Waals surface area contributed by atoms with Crippen LogP contribution in [0.4, 0.5) is 0 Å². The lowest BCUT2D eigenvalue weighted by Crippen LogP contribution is -2.03. The van der Waals surface area contributed by atoms with Crippen LogP contribution in [-0.2, 0) is 6.42 Å². The highest BCUT2D eigenvalue weighted by atomic mass is 16.5. The maximum Gasteiger partial charge on any atom is 0.122 e. The van der Waals surface area contributed by atoms with Gasteiger partial charge in [-0.25, -0.2) is 4.98 Å². The number of hydrogen-bond donors (Lipinski definition) is 1. The quantitative estimate of drug-likeness (QED) is 0.826. The lowest BCUT2D eigenvalue weighted by Gasteiger charge is -2.07. The Morgan fingerprint density at radius 3 is 2.93 bits per heavy atom. The van der Waals surface area contributed by atoms with Crippen molar-refractivity contribution >= 4 is 0 Å². The van der Waals surface area contributed by atoms with Crippen LogP contribution in [0.2, 0.25) is 0 Å². The molecule has 0 bridgehead atoms. The molecule has 0 aliphatic heterocycles. The van der Waals surface area contributed by atoms with Crippen LogP contribution >= 0.6 is 0 Å². The standard InChI is InChI=1S/C12H14N2O/c1-10-4-2-3-5-11(10)15-9-6-12-13-7-8-14-12/h2-5,7-8H,6,9H2,1H3,(H,13,14). The topological polar surface area (TPSA) is 37.9 Å². The Labute approximate surface area is 89.1 Å². The lowest BCUT2D eigenvalue weighted by atomic mass is 10.2. The van der Waals surface area contributed by atoms with E-state index in [9.17, 15) is 0 Å². The number of imidazole rings is 1. The average molecular weight is 202 g/mol. The van der Waals surface area contributed by atoms with Crippen LogP contribution in [0.1, 0.15) is 11.4 Å². The van der Waals surface area contributed by atoms with Crippen LogP contribution in [0.15, 0.2) is 36.7 Å². The second-order valence-electron chi connectivity index (χ2n) is 3.40. The Bertz CT molecular complexity index is 409. The second-order valence-corrected chi connectivity index (χ2v) is 3.40. The molecule has 2 aromatic rings. The average Bonchev–Trinajstić information content (AvgIpc) is 2.74. The molecular weight excluding hydrogens is 188 g/mol. The number of rotatable bonds is 4. The summed E-state index contributed by atoms with van der Waals surface area (Å²) in [6.07, 6.45) is 4.38. The summed E-state index contributed by atoms with van der Waals surface area (Å²) < 4.78 is 5.65. The lowest BCUT2D eigenvalue weighted by molar-refractivity contribution is 0.317.